The molecular weight excluding hydrogens is 352 g/mol. The first-order valence-electron chi connectivity index (χ1n) is 13.0. The van der Waals surface area contributed by atoms with Crippen LogP contribution >= 0.6 is 0 Å². The smallest absolute Gasteiger partial charge is 0.0577 e. The lowest BCUT2D eigenvalue weighted by Crippen LogP contribution is -2.50. The molecule has 0 saturated heterocycles. The Labute approximate surface area is 181 Å². The number of fused-ring (bicyclic) bond motifs is 5. The molecule has 0 aromatic carbocycles. The number of aliphatic hydroxyl groups is 1. The number of allylic oxidation sites excluding steroid dienone is 1. The molecular formula is C28H48O. The Morgan fingerprint density at radius 2 is 1.72 bits per heavy atom. The zero-order chi connectivity index (χ0) is 21.0. The molecule has 1 heteroatoms. The lowest BCUT2D eigenvalue weighted by Gasteiger charge is -2.58. The minimum Gasteiger partial charge on any atom is -0.393 e. The molecule has 4 rings (SSSR count). The fourth-order valence-corrected chi connectivity index (χ4v) is 8.68. The van der Waals surface area contributed by atoms with Gasteiger partial charge in [0.2, 0.25) is 0 Å². The van der Waals surface area contributed by atoms with Crippen molar-refractivity contribution in [1.29, 1.82) is 0 Å². The fraction of sp³-hybridized carbons (Fsp3) is 0.929. The largest absolute Gasteiger partial charge is 0.393 e. The normalized spacial score (nSPS) is 46.5. The van der Waals surface area contributed by atoms with Crippen LogP contribution in [0.2, 0.25) is 0 Å². The van der Waals surface area contributed by atoms with E-state index in [1.807, 2.05) is 0 Å². The standard InChI is InChI=1S/C28H48O/c1-18(2)19(3)7-8-20(4)24-11-12-25-23-10-9-21-17-22(29)13-15-27(21,5)26(23)14-16-28(24,25)6/h9,18-20,22-26,29H,7-8,10-17H2,1-6H3/t19-,20-,22+,23+,24-,25?,26?,27+,28-/m1/s1. The molecule has 0 aromatic heterocycles. The predicted molar refractivity (Wildman–Crippen MR) is 124 cm³/mol. The van der Waals surface area contributed by atoms with E-state index in [4.69, 9.17) is 0 Å². The van der Waals surface area contributed by atoms with E-state index in [-0.39, 0.29) is 6.10 Å². The summed E-state index contributed by atoms with van der Waals surface area (Å²) < 4.78 is 0. The average Bonchev–Trinajstić information content (AvgIpc) is 3.03. The van der Waals surface area contributed by atoms with E-state index in [1.165, 1.54) is 51.4 Å². The van der Waals surface area contributed by atoms with E-state index in [0.717, 1.165) is 54.3 Å². The number of hydrogen-bond acceptors (Lipinski definition) is 1. The molecule has 29 heavy (non-hydrogen) atoms. The summed E-state index contributed by atoms with van der Waals surface area (Å²) in [5, 5.41) is 10.2. The van der Waals surface area contributed by atoms with Crippen molar-refractivity contribution in [1.82, 2.24) is 0 Å². The highest BCUT2D eigenvalue weighted by Gasteiger charge is 2.59. The molecule has 0 aromatic rings. The summed E-state index contributed by atoms with van der Waals surface area (Å²) in [6, 6.07) is 0. The van der Waals surface area contributed by atoms with Crippen molar-refractivity contribution in [2.24, 2.45) is 52.3 Å². The van der Waals surface area contributed by atoms with Crippen molar-refractivity contribution in [3.63, 3.8) is 0 Å². The zero-order valence-electron chi connectivity index (χ0n) is 20.2. The highest BCUT2D eigenvalue weighted by atomic mass is 16.3. The summed E-state index contributed by atoms with van der Waals surface area (Å²) in [5.41, 5.74) is 2.59. The number of aliphatic hydroxyl groups excluding tert-OH is 1. The van der Waals surface area contributed by atoms with Crippen LogP contribution in [0.1, 0.15) is 106 Å². The minimum atomic E-state index is -0.0790. The van der Waals surface area contributed by atoms with E-state index in [9.17, 15) is 5.11 Å². The van der Waals surface area contributed by atoms with Crippen LogP contribution in [0.25, 0.3) is 0 Å². The zero-order valence-corrected chi connectivity index (χ0v) is 20.2. The molecule has 0 heterocycles. The van der Waals surface area contributed by atoms with Gasteiger partial charge in [-0.3, -0.25) is 0 Å². The summed E-state index contributed by atoms with van der Waals surface area (Å²) in [6.45, 7) is 15.1. The van der Waals surface area contributed by atoms with E-state index >= 15 is 0 Å². The van der Waals surface area contributed by atoms with Crippen molar-refractivity contribution in [2.45, 2.75) is 112 Å². The monoisotopic (exact) mass is 400 g/mol. The first kappa shape index (κ1) is 21.9. The minimum absolute atomic E-state index is 0.0790. The molecule has 9 atom stereocenters. The molecule has 2 unspecified atom stereocenters. The van der Waals surface area contributed by atoms with Gasteiger partial charge in [-0.1, -0.05) is 66.0 Å². The van der Waals surface area contributed by atoms with E-state index < -0.39 is 0 Å². The van der Waals surface area contributed by atoms with Gasteiger partial charge in [0.05, 0.1) is 6.10 Å². The highest BCUT2D eigenvalue weighted by Crippen LogP contribution is 2.67. The van der Waals surface area contributed by atoms with Crippen molar-refractivity contribution in [3.05, 3.63) is 11.6 Å². The Morgan fingerprint density at radius 1 is 0.966 bits per heavy atom. The molecule has 0 aliphatic heterocycles. The van der Waals surface area contributed by atoms with Gasteiger partial charge in [0.25, 0.3) is 0 Å². The molecule has 1 N–H and O–H groups in total. The van der Waals surface area contributed by atoms with Crippen molar-refractivity contribution < 1.29 is 5.11 Å². The molecule has 4 aliphatic carbocycles. The Kier molecular flexibility index (Phi) is 6.04. The Bertz CT molecular complexity index is 620. The quantitative estimate of drug-likeness (QED) is 0.470. The Morgan fingerprint density at radius 3 is 2.45 bits per heavy atom. The first-order chi connectivity index (χ1) is 13.7. The molecule has 0 radical (unpaired) electrons. The van der Waals surface area contributed by atoms with Crippen LogP contribution in [0.5, 0.6) is 0 Å². The molecule has 3 fully saturated rings. The lowest BCUT2D eigenvalue weighted by atomic mass is 9.47. The van der Waals surface area contributed by atoms with Gasteiger partial charge in [-0.15, -0.1) is 0 Å². The fourth-order valence-electron chi connectivity index (χ4n) is 8.68. The van der Waals surface area contributed by atoms with Gasteiger partial charge in [0.15, 0.2) is 0 Å². The van der Waals surface area contributed by atoms with Crippen molar-refractivity contribution in [3.8, 4) is 0 Å². The predicted octanol–water partition coefficient (Wildman–Crippen LogP) is 7.63. The highest BCUT2D eigenvalue weighted by molar-refractivity contribution is 5.25. The molecule has 1 nitrogen and oxygen atoms in total. The van der Waals surface area contributed by atoms with Gasteiger partial charge < -0.3 is 5.11 Å². The van der Waals surface area contributed by atoms with E-state index in [1.54, 1.807) is 5.57 Å². The van der Waals surface area contributed by atoms with E-state index in [2.05, 4.69) is 47.6 Å². The summed E-state index contributed by atoms with van der Waals surface area (Å²) in [4.78, 5) is 0. The van der Waals surface area contributed by atoms with Crippen molar-refractivity contribution in [2.75, 3.05) is 0 Å². The second kappa shape index (κ2) is 7.99. The van der Waals surface area contributed by atoms with Gasteiger partial charge in [0, 0.05) is 0 Å². The van der Waals surface area contributed by atoms with Crippen LogP contribution in [-0.2, 0) is 0 Å². The molecule has 0 bridgehead atoms. The summed E-state index contributed by atoms with van der Waals surface area (Å²) >= 11 is 0. The number of hydrogen-bond donors (Lipinski definition) is 1. The Balaban J connectivity index is 1.49. The molecule has 166 valence electrons. The Hall–Kier alpha value is -0.300. The maximum absolute atomic E-state index is 10.2. The van der Waals surface area contributed by atoms with Gasteiger partial charge in [-0.2, -0.15) is 0 Å². The second-order valence-electron chi connectivity index (χ2n) is 12.7. The lowest BCUT2D eigenvalue weighted by molar-refractivity contribution is -0.0574. The molecule has 0 amide bonds. The van der Waals surface area contributed by atoms with Crippen LogP contribution in [0.3, 0.4) is 0 Å². The third-order valence-corrected chi connectivity index (χ3v) is 11.1. The van der Waals surface area contributed by atoms with Crippen LogP contribution in [0.15, 0.2) is 11.6 Å². The second-order valence-corrected chi connectivity index (χ2v) is 12.7. The third kappa shape index (κ3) is 3.66. The van der Waals surface area contributed by atoms with Crippen LogP contribution in [0.4, 0.5) is 0 Å². The van der Waals surface area contributed by atoms with Crippen molar-refractivity contribution >= 4 is 0 Å². The summed E-state index contributed by atoms with van der Waals surface area (Å²) in [5.74, 6) is 6.24. The molecule has 4 aliphatic rings. The van der Waals surface area contributed by atoms with Crippen LogP contribution in [-0.4, -0.2) is 11.2 Å². The van der Waals surface area contributed by atoms with Gasteiger partial charge in [-0.05, 0) is 104 Å². The molecule has 3 saturated carbocycles. The van der Waals surface area contributed by atoms with Crippen LogP contribution in [0, 0.1) is 52.3 Å². The summed E-state index contributed by atoms with van der Waals surface area (Å²) in [7, 11) is 0. The maximum atomic E-state index is 10.2. The van der Waals surface area contributed by atoms with E-state index in [0.29, 0.717) is 10.8 Å². The summed E-state index contributed by atoms with van der Waals surface area (Å²) in [6.07, 6.45) is 15.7. The van der Waals surface area contributed by atoms with Gasteiger partial charge in [-0.25, -0.2) is 0 Å². The molecule has 0 spiro atoms. The maximum Gasteiger partial charge on any atom is 0.0577 e. The third-order valence-electron chi connectivity index (χ3n) is 11.1. The van der Waals surface area contributed by atoms with Gasteiger partial charge in [0.1, 0.15) is 0 Å². The first-order valence-corrected chi connectivity index (χ1v) is 13.0. The van der Waals surface area contributed by atoms with Crippen LogP contribution < -0.4 is 0 Å². The SMILES string of the molecule is CC(C)[C@H](C)CC[C@@H](C)[C@H]1CCC2[C@@H]3CC=C4C[C@@H](O)CC[C@]4(C)C3CC[C@@]21C. The van der Waals surface area contributed by atoms with Gasteiger partial charge >= 0.3 is 0 Å². The topological polar surface area (TPSA) is 20.2 Å². The average molecular weight is 401 g/mol. The number of rotatable bonds is 5.